The summed E-state index contributed by atoms with van der Waals surface area (Å²) < 4.78 is 0. The van der Waals surface area contributed by atoms with E-state index in [0.717, 1.165) is 5.17 Å². The zero-order valence-corrected chi connectivity index (χ0v) is 14.2. The number of unbranched alkanes of at least 4 members (excludes halogenated alkanes) is 7. The van der Waals surface area contributed by atoms with E-state index in [1.165, 1.54) is 57.1 Å². The molecule has 0 aromatic rings. The lowest BCUT2D eigenvalue weighted by molar-refractivity contribution is 0.586. The van der Waals surface area contributed by atoms with Crippen molar-refractivity contribution in [1.82, 2.24) is 5.32 Å². The fourth-order valence-electron chi connectivity index (χ4n) is 1.65. The number of hydrogen-bond acceptors (Lipinski definition) is 2. The van der Waals surface area contributed by atoms with Gasteiger partial charge in [0.1, 0.15) is 0 Å². The average Bonchev–Trinajstić information content (AvgIpc) is 2.32. The quantitative estimate of drug-likeness (QED) is 0.379. The first-order chi connectivity index (χ1) is 7.85. The van der Waals surface area contributed by atoms with Crippen LogP contribution >= 0.6 is 28.7 Å². The summed E-state index contributed by atoms with van der Waals surface area (Å²) in [6, 6.07) is 0. The number of nitrogens with one attached hydrogen (secondary N) is 1. The van der Waals surface area contributed by atoms with Gasteiger partial charge in [0.15, 0.2) is 5.17 Å². The van der Waals surface area contributed by atoms with Crippen LogP contribution in [-0.2, 0) is 0 Å². The Bertz CT molecular complexity index is 175. The highest BCUT2D eigenvalue weighted by molar-refractivity contribution is 8.93. The third-order valence-corrected chi connectivity index (χ3v) is 3.81. The molecule has 0 atom stereocenters. The lowest BCUT2D eigenvalue weighted by Gasteiger charge is -2.04. The molecule has 0 radical (unpaired) electrons. The van der Waals surface area contributed by atoms with Crippen molar-refractivity contribution >= 4 is 33.9 Å². The van der Waals surface area contributed by atoms with Gasteiger partial charge < -0.3 is 5.32 Å². The smallest absolute Gasteiger partial charge is 0.156 e. The minimum atomic E-state index is 0. The number of rotatable bonds is 9. The Morgan fingerprint density at radius 3 is 2.00 bits per heavy atom. The Labute approximate surface area is 122 Å². The van der Waals surface area contributed by atoms with Crippen LogP contribution in [0.1, 0.15) is 58.3 Å². The molecule has 0 aromatic carbocycles. The summed E-state index contributed by atoms with van der Waals surface area (Å²) in [6.07, 6.45) is 11.1. The van der Waals surface area contributed by atoms with Gasteiger partial charge in [0, 0.05) is 19.8 Å². The van der Waals surface area contributed by atoms with Gasteiger partial charge in [0.05, 0.1) is 0 Å². The van der Waals surface area contributed by atoms with Crippen LogP contribution in [0.4, 0.5) is 0 Å². The molecule has 2 nitrogen and oxygen atoms in total. The van der Waals surface area contributed by atoms with Gasteiger partial charge in [-0.3, -0.25) is 4.99 Å². The summed E-state index contributed by atoms with van der Waals surface area (Å²) in [5, 5.41) is 4.15. The van der Waals surface area contributed by atoms with Crippen molar-refractivity contribution in [2.75, 3.05) is 19.8 Å². The maximum Gasteiger partial charge on any atom is 0.156 e. The molecule has 0 aliphatic carbocycles. The molecule has 0 bridgehead atoms. The highest BCUT2D eigenvalue weighted by atomic mass is 79.9. The minimum Gasteiger partial charge on any atom is -0.368 e. The average molecular weight is 325 g/mol. The van der Waals surface area contributed by atoms with E-state index in [0.29, 0.717) is 0 Å². The number of nitrogens with zero attached hydrogens (tertiary/aromatic N) is 1. The Balaban J connectivity index is 0. The first-order valence-electron chi connectivity index (χ1n) is 6.62. The topological polar surface area (TPSA) is 24.4 Å². The predicted molar refractivity (Wildman–Crippen MR) is 87.8 cm³/mol. The molecule has 0 rings (SSSR count). The second-order valence-electron chi connectivity index (χ2n) is 4.10. The van der Waals surface area contributed by atoms with Crippen molar-refractivity contribution in [3.8, 4) is 0 Å². The second-order valence-corrected chi connectivity index (χ2v) is 5.19. The van der Waals surface area contributed by atoms with E-state index in [1.807, 2.05) is 25.9 Å². The first kappa shape index (κ1) is 19.6. The summed E-state index contributed by atoms with van der Waals surface area (Å²) in [4.78, 5) is 4.14. The van der Waals surface area contributed by atoms with E-state index < -0.39 is 0 Å². The highest BCUT2D eigenvalue weighted by Crippen LogP contribution is 2.11. The molecule has 0 aromatic heterocycles. The third kappa shape index (κ3) is 14.2. The number of halogens is 1. The standard InChI is InChI=1S/C13H28N2S.BrH/c1-4-5-6-7-8-9-10-11-12-16-13(14-2)15-3;/h4-12H2,1-3H3,(H,14,15);1H. The first-order valence-corrected chi connectivity index (χ1v) is 7.61. The van der Waals surface area contributed by atoms with Crippen LogP contribution in [0, 0.1) is 0 Å². The molecule has 0 saturated heterocycles. The zero-order chi connectivity index (χ0) is 12.1. The molecule has 104 valence electrons. The predicted octanol–water partition coefficient (Wildman–Crippen LogP) is 4.64. The molecule has 0 aliphatic rings. The summed E-state index contributed by atoms with van der Waals surface area (Å²) in [5.41, 5.74) is 0. The third-order valence-electron chi connectivity index (χ3n) is 2.65. The van der Waals surface area contributed by atoms with Crippen LogP contribution in [-0.4, -0.2) is 25.0 Å². The van der Waals surface area contributed by atoms with Gasteiger partial charge in [-0.05, 0) is 6.42 Å². The van der Waals surface area contributed by atoms with E-state index in [2.05, 4.69) is 17.2 Å². The normalized spacial score (nSPS) is 11.1. The molecule has 0 heterocycles. The zero-order valence-electron chi connectivity index (χ0n) is 11.6. The molecule has 0 fully saturated rings. The van der Waals surface area contributed by atoms with Gasteiger partial charge in [0.25, 0.3) is 0 Å². The van der Waals surface area contributed by atoms with E-state index >= 15 is 0 Å². The van der Waals surface area contributed by atoms with Crippen molar-refractivity contribution < 1.29 is 0 Å². The SMILES string of the molecule is Br.CCCCCCCCCCSC(=NC)NC. The van der Waals surface area contributed by atoms with Crippen molar-refractivity contribution in [1.29, 1.82) is 0 Å². The number of thioether (sulfide) groups is 1. The number of hydrogen-bond donors (Lipinski definition) is 1. The van der Waals surface area contributed by atoms with Crippen LogP contribution in [0.15, 0.2) is 4.99 Å². The lowest BCUT2D eigenvalue weighted by Crippen LogP contribution is -2.14. The van der Waals surface area contributed by atoms with Crippen LogP contribution < -0.4 is 5.32 Å². The summed E-state index contributed by atoms with van der Waals surface area (Å²) >= 11 is 1.83. The van der Waals surface area contributed by atoms with Gasteiger partial charge in [-0.15, -0.1) is 17.0 Å². The monoisotopic (exact) mass is 324 g/mol. The van der Waals surface area contributed by atoms with E-state index in [1.54, 1.807) is 0 Å². The Hall–Kier alpha value is 0.300. The van der Waals surface area contributed by atoms with E-state index in [9.17, 15) is 0 Å². The summed E-state index contributed by atoms with van der Waals surface area (Å²) in [7, 11) is 3.77. The molecule has 0 amide bonds. The second kappa shape index (κ2) is 16.3. The molecular weight excluding hydrogens is 296 g/mol. The van der Waals surface area contributed by atoms with E-state index in [4.69, 9.17) is 0 Å². The largest absolute Gasteiger partial charge is 0.368 e. The lowest BCUT2D eigenvalue weighted by atomic mass is 10.1. The van der Waals surface area contributed by atoms with Gasteiger partial charge in [-0.2, -0.15) is 0 Å². The molecule has 0 spiro atoms. The van der Waals surface area contributed by atoms with Crippen LogP contribution in [0.3, 0.4) is 0 Å². The van der Waals surface area contributed by atoms with Crippen molar-refractivity contribution in [2.24, 2.45) is 4.99 Å². The van der Waals surface area contributed by atoms with Gasteiger partial charge in [-0.25, -0.2) is 0 Å². The molecule has 0 saturated carbocycles. The Morgan fingerprint density at radius 1 is 1.00 bits per heavy atom. The molecule has 1 N–H and O–H groups in total. The highest BCUT2D eigenvalue weighted by Gasteiger charge is 1.96. The molecule has 0 aliphatic heterocycles. The molecular formula is C13H29BrN2S. The van der Waals surface area contributed by atoms with Crippen LogP contribution in [0.2, 0.25) is 0 Å². The number of amidine groups is 1. The van der Waals surface area contributed by atoms with Gasteiger partial charge in [0.2, 0.25) is 0 Å². The fraction of sp³-hybridized carbons (Fsp3) is 0.923. The summed E-state index contributed by atoms with van der Waals surface area (Å²) in [5.74, 6) is 1.20. The van der Waals surface area contributed by atoms with Crippen molar-refractivity contribution in [2.45, 2.75) is 58.3 Å². The maximum absolute atomic E-state index is 4.14. The van der Waals surface area contributed by atoms with Crippen molar-refractivity contribution in [3.63, 3.8) is 0 Å². The van der Waals surface area contributed by atoms with Crippen molar-refractivity contribution in [3.05, 3.63) is 0 Å². The molecule has 0 unspecified atom stereocenters. The van der Waals surface area contributed by atoms with Crippen LogP contribution in [0.25, 0.3) is 0 Å². The Kier molecular flexibility index (Phi) is 18.8. The summed E-state index contributed by atoms with van der Waals surface area (Å²) in [6.45, 7) is 2.27. The Morgan fingerprint density at radius 2 is 1.53 bits per heavy atom. The molecule has 17 heavy (non-hydrogen) atoms. The van der Waals surface area contributed by atoms with Gasteiger partial charge >= 0.3 is 0 Å². The minimum absolute atomic E-state index is 0. The fourth-order valence-corrected chi connectivity index (χ4v) is 2.47. The molecule has 4 heteroatoms. The van der Waals surface area contributed by atoms with E-state index in [-0.39, 0.29) is 17.0 Å². The number of aliphatic imine (C=N–C) groups is 1. The maximum atomic E-state index is 4.14. The van der Waals surface area contributed by atoms with Gasteiger partial charge in [-0.1, -0.05) is 63.6 Å². The van der Waals surface area contributed by atoms with Crippen LogP contribution in [0.5, 0.6) is 0 Å².